The number of hydrogen-bond donors (Lipinski definition) is 0. The largest absolute Gasteiger partial charge is 0.496 e. The number of carbonyl (C=O) groups excluding carboxylic acids is 1. The summed E-state index contributed by atoms with van der Waals surface area (Å²) in [4.78, 5) is 12.5. The molecule has 0 amide bonds. The summed E-state index contributed by atoms with van der Waals surface area (Å²) >= 11 is 7.07. The van der Waals surface area contributed by atoms with Crippen molar-refractivity contribution in [2.24, 2.45) is 0 Å². The zero-order chi connectivity index (χ0) is 17.8. The molecule has 0 saturated heterocycles. The lowest BCUT2D eigenvalue weighted by molar-refractivity contribution is 0.0993. The maximum atomic E-state index is 12.5. The Kier molecular flexibility index (Phi) is 5.40. The van der Waals surface area contributed by atoms with Gasteiger partial charge in [-0.15, -0.1) is 10.2 Å². The lowest BCUT2D eigenvalue weighted by Gasteiger charge is -2.07. The van der Waals surface area contributed by atoms with E-state index < -0.39 is 0 Å². The molecule has 0 saturated carbocycles. The van der Waals surface area contributed by atoms with Gasteiger partial charge in [0.25, 0.3) is 11.1 Å². The van der Waals surface area contributed by atoms with Crippen molar-refractivity contribution in [2.75, 3.05) is 7.11 Å². The molecule has 0 radical (unpaired) electrons. The number of hydrogen-bond acceptors (Lipinski definition) is 6. The SMILES string of the molecule is COc1ccccc1-c1nnc(SC(C)C(=O)c2ccc(Cl)cc2)o1. The smallest absolute Gasteiger partial charge is 0.277 e. The highest BCUT2D eigenvalue weighted by atomic mass is 35.5. The molecule has 3 aromatic rings. The van der Waals surface area contributed by atoms with E-state index in [-0.39, 0.29) is 11.0 Å². The van der Waals surface area contributed by atoms with Gasteiger partial charge in [-0.1, -0.05) is 35.5 Å². The van der Waals surface area contributed by atoms with Crippen LogP contribution in [0.15, 0.2) is 58.2 Å². The summed E-state index contributed by atoms with van der Waals surface area (Å²) in [6, 6.07) is 14.2. The molecule has 1 heterocycles. The Morgan fingerprint density at radius 1 is 1.16 bits per heavy atom. The maximum Gasteiger partial charge on any atom is 0.277 e. The molecule has 1 unspecified atom stereocenters. The van der Waals surface area contributed by atoms with Crippen LogP contribution in [0.2, 0.25) is 5.02 Å². The zero-order valence-electron chi connectivity index (χ0n) is 13.6. The first-order valence-electron chi connectivity index (χ1n) is 7.52. The predicted molar refractivity (Wildman–Crippen MR) is 97.4 cm³/mol. The molecule has 0 fully saturated rings. The Morgan fingerprint density at radius 3 is 2.60 bits per heavy atom. The topological polar surface area (TPSA) is 65.2 Å². The molecule has 128 valence electrons. The monoisotopic (exact) mass is 374 g/mol. The predicted octanol–water partition coefficient (Wildman–Crippen LogP) is 4.76. The number of thioether (sulfide) groups is 1. The molecular formula is C18H15ClN2O3S. The van der Waals surface area contributed by atoms with Crippen LogP contribution in [0.3, 0.4) is 0 Å². The highest BCUT2D eigenvalue weighted by molar-refractivity contribution is 8.00. The second-order valence-electron chi connectivity index (χ2n) is 5.20. The average Bonchev–Trinajstić information content (AvgIpc) is 3.10. The molecule has 2 aromatic carbocycles. The third kappa shape index (κ3) is 4.03. The van der Waals surface area contributed by atoms with Crippen LogP contribution in [0.1, 0.15) is 17.3 Å². The van der Waals surface area contributed by atoms with Gasteiger partial charge < -0.3 is 9.15 Å². The molecule has 1 aromatic heterocycles. The van der Waals surface area contributed by atoms with E-state index in [0.717, 1.165) is 0 Å². The van der Waals surface area contributed by atoms with Crippen molar-refractivity contribution < 1.29 is 13.9 Å². The van der Waals surface area contributed by atoms with Crippen molar-refractivity contribution in [3.8, 4) is 17.2 Å². The van der Waals surface area contributed by atoms with Gasteiger partial charge in [0, 0.05) is 10.6 Å². The van der Waals surface area contributed by atoms with Crippen molar-refractivity contribution in [1.29, 1.82) is 0 Å². The molecule has 3 rings (SSSR count). The number of ether oxygens (including phenoxy) is 1. The molecule has 0 aliphatic heterocycles. The summed E-state index contributed by atoms with van der Waals surface area (Å²) in [7, 11) is 1.58. The second kappa shape index (κ2) is 7.72. The molecular weight excluding hydrogens is 360 g/mol. The van der Waals surface area contributed by atoms with Crippen LogP contribution < -0.4 is 4.74 Å². The minimum Gasteiger partial charge on any atom is -0.496 e. The molecule has 7 heteroatoms. The summed E-state index contributed by atoms with van der Waals surface area (Å²) in [6.45, 7) is 1.80. The summed E-state index contributed by atoms with van der Waals surface area (Å²) in [5.74, 6) is 0.970. The lowest BCUT2D eigenvalue weighted by Crippen LogP contribution is -2.13. The van der Waals surface area contributed by atoms with E-state index in [9.17, 15) is 4.79 Å². The van der Waals surface area contributed by atoms with Crippen LogP contribution in [0.5, 0.6) is 5.75 Å². The van der Waals surface area contributed by atoms with Gasteiger partial charge in [-0.05, 0) is 43.3 Å². The standard InChI is InChI=1S/C18H15ClN2O3S/c1-11(16(22)12-7-9-13(19)10-8-12)25-18-21-20-17(24-18)14-5-3-4-6-15(14)23-2/h3-11H,1-2H3. The summed E-state index contributed by atoms with van der Waals surface area (Å²) in [5.41, 5.74) is 1.30. The summed E-state index contributed by atoms with van der Waals surface area (Å²) in [5, 5.41) is 8.61. The fourth-order valence-corrected chi connectivity index (χ4v) is 3.13. The molecule has 0 aliphatic rings. The maximum absolute atomic E-state index is 12.5. The number of methoxy groups -OCH3 is 1. The number of ketones is 1. The van der Waals surface area contributed by atoms with Crippen molar-refractivity contribution in [1.82, 2.24) is 10.2 Å². The number of carbonyl (C=O) groups is 1. The summed E-state index contributed by atoms with van der Waals surface area (Å²) < 4.78 is 11.0. The average molecular weight is 375 g/mol. The van der Waals surface area contributed by atoms with E-state index in [1.807, 2.05) is 24.3 Å². The molecule has 1 atom stereocenters. The van der Waals surface area contributed by atoms with E-state index >= 15 is 0 Å². The van der Waals surface area contributed by atoms with E-state index in [1.165, 1.54) is 11.8 Å². The first kappa shape index (κ1) is 17.5. The molecule has 0 bridgehead atoms. The minimum absolute atomic E-state index is 0.0290. The van der Waals surface area contributed by atoms with Crippen molar-refractivity contribution in [3.05, 3.63) is 59.1 Å². The minimum atomic E-state index is -0.368. The quantitative estimate of drug-likeness (QED) is 0.457. The molecule has 0 aliphatic carbocycles. The Labute approximate surface area is 154 Å². The van der Waals surface area contributed by atoms with Crippen LogP contribution in [0.4, 0.5) is 0 Å². The van der Waals surface area contributed by atoms with E-state index in [1.54, 1.807) is 38.3 Å². The van der Waals surface area contributed by atoms with Gasteiger partial charge in [-0.3, -0.25) is 4.79 Å². The van der Waals surface area contributed by atoms with Gasteiger partial charge in [-0.25, -0.2) is 0 Å². The van der Waals surface area contributed by atoms with E-state index in [0.29, 0.717) is 33.0 Å². The number of Topliss-reactive ketones (excluding diaryl/α,β-unsaturated/α-hetero) is 1. The molecule has 0 spiro atoms. The molecule has 25 heavy (non-hydrogen) atoms. The Bertz CT molecular complexity index is 880. The normalized spacial score (nSPS) is 12.0. The van der Waals surface area contributed by atoms with Crippen molar-refractivity contribution in [3.63, 3.8) is 0 Å². The third-order valence-corrected chi connectivity index (χ3v) is 4.71. The highest BCUT2D eigenvalue weighted by Gasteiger charge is 2.21. The van der Waals surface area contributed by atoms with Crippen molar-refractivity contribution >= 4 is 29.1 Å². The number of para-hydroxylation sites is 1. The van der Waals surface area contributed by atoms with Gasteiger partial charge in [-0.2, -0.15) is 0 Å². The van der Waals surface area contributed by atoms with Crippen LogP contribution in [0, 0.1) is 0 Å². The van der Waals surface area contributed by atoms with Crippen LogP contribution in [-0.4, -0.2) is 28.3 Å². The van der Waals surface area contributed by atoms with Gasteiger partial charge >= 0.3 is 0 Å². The van der Waals surface area contributed by atoms with Crippen LogP contribution in [0.25, 0.3) is 11.5 Å². The number of halogens is 1. The fourth-order valence-electron chi connectivity index (χ4n) is 2.24. The Hall–Kier alpha value is -2.31. The fraction of sp³-hybridized carbons (Fsp3) is 0.167. The molecule has 0 N–H and O–H groups in total. The van der Waals surface area contributed by atoms with Gasteiger partial charge in [0.1, 0.15) is 5.75 Å². The van der Waals surface area contributed by atoms with E-state index in [2.05, 4.69) is 10.2 Å². The zero-order valence-corrected chi connectivity index (χ0v) is 15.2. The second-order valence-corrected chi connectivity index (χ2v) is 6.93. The number of rotatable bonds is 6. The number of aromatic nitrogens is 2. The Morgan fingerprint density at radius 2 is 1.88 bits per heavy atom. The van der Waals surface area contributed by atoms with Crippen molar-refractivity contribution in [2.45, 2.75) is 17.4 Å². The number of benzene rings is 2. The van der Waals surface area contributed by atoms with Gasteiger partial charge in [0.15, 0.2) is 5.78 Å². The molecule has 5 nitrogen and oxygen atoms in total. The first-order chi connectivity index (χ1) is 12.1. The highest BCUT2D eigenvalue weighted by Crippen LogP contribution is 2.32. The number of nitrogens with zero attached hydrogens (tertiary/aromatic N) is 2. The third-order valence-electron chi connectivity index (χ3n) is 3.52. The van der Waals surface area contributed by atoms with Gasteiger partial charge in [0.05, 0.1) is 17.9 Å². The Balaban J connectivity index is 1.74. The van der Waals surface area contributed by atoms with Crippen LogP contribution >= 0.6 is 23.4 Å². The lowest BCUT2D eigenvalue weighted by atomic mass is 10.1. The summed E-state index contributed by atoms with van der Waals surface area (Å²) in [6.07, 6.45) is 0. The van der Waals surface area contributed by atoms with Crippen LogP contribution in [-0.2, 0) is 0 Å². The van der Waals surface area contributed by atoms with Gasteiger partial charge in [0.2, 0.25) is 0 Å². The van der Waals surface area contributed by atoms with E-state index in [4.69, 9.17) is 20.8 Å². The first-order valence-corrected chi connectivity index (χ1v) is 8.77.